The van der Waals surface area contributed by atoms with Crippen LogP contribution in [-0.2, 0) is 22.6 Å². The van der Waals surface area contributed by atoms with Crippen molar-refractivity contribution in [3.63, 3.8) is 0 Å². The SMILES string of the molecule is COc1ccc(C2CN(C(=O)Cc3ccccc3)CC2C(=O)NCc2ccccc2)cc1. The Labute approximate surface area is 189 Å². The molecule has 2 atom stereocenters. The molecule has 4 rings (SSSR count). The molecule has 5 heteroatoms. The minimum absolute atomic E-state index is 0.0234. The Balaban J connectivity index is 1.50. The van der Waals surface area contributed by atoms with Crippen LogP contribution in [0.15, 0.2) is 84.9 Å². The first-order chi connectivity index (χ1) is 15.6. The standard InChI is InChI=1S/C27H28N2O3/c1-32-23-14-12-22(13-15-23)24-18-29(26(30)16-20-8-4-2-5-9-20)19-25(24)27(31)28-17-21-10-6-3-7-11-21/h2-15,24-25H,16-19H2,1H3,(H,28,31). The van der Waals surface area contributed by atoms with E-state index in [1.165, 1.54) is 0 Å². The van der Waals surface area contributed by atoms with E-state index < -0.39 is 0 Å². The fourth-order valence-corrected chi connectivity index (χ4v) is 4.26. The Kier molecular flexibility index (Phi) is 6.85. The van der Waals surface area contributed by atoms with Gasteiger partial charge in [-0.15, -0.1) is 0 Å². The maximum Gasteiger partial charge on any atom is 0.227 e. The molecule has 0 aliphatic carbocycles. The second kappa shape index (κ2) is 10.1. The Morgan fingerprint density at radius 1 is 0.875 bits per heavy atom. The van der Waals surface area contributed by atoms with E-state index >= 15 is 0 Å². The summed E-state index contributed by atoms with van der Waals surface area (Å²) < 4.78 is 5.28. The molecule has 1 aliphatic rings. The third-order valence-corrected chi connectivity index (χ3v) is 6.06. The van der Waals surface area contributed by atoms with Crippen LogP contribution in [0.1, 0.15) is 22.6 Å². The summed E-state index contributed by atoms with van der Waals surface area (Å²) in [7, 11) is 1.63. The van der Waals surface area contributed by atoms with Gasteiger partial charge in [-0.1, -0.05) is 72.8 Å². The van der Waals surface area contributed by atoms with Gasteiger partial charge in [0.25, 0.3) is 0 Å². The van der Waals surface area contributed by atoms with Crippen LogP contribution in [-0.4, -0.2) is 36.9 Å². The van der Waals surface area contributed by atoms with Gasteiger partial charge in [-0.3, -0.25) is 9.59 Å². The molecule has 1 saturated heterocycles. The Morgan fingerprint density at radius 3 is 2.12 bits per heavy atom. The van der Waals surface area contributed by atoms with Crippen LogP contribution in [0.3, 0.4) is 0 Å². The van der Waals surface area contributed by atoms with Gasteiger partial charge in [0.15, 0.2) is 0 Å². The molecule has 0 radical (unpaired) electrons. The lowest BCUT2D eigenvalue weighted by Crippen LogP contribution is -2.35. The van der Waals surface area contributed by atoms with Gasteiger partial charge in [0.1, 0.15) is 5.75 Å². The first-order valence-electron chi connectivity index (χ1n) is 10.9. The van der Waals surface area contributed by atoms with E-state index in [9.17, 15) is 9.59 Å². The number of ether oxygens (including phenoxy) is 1. The smallest absolute Gasteiger partial charge is 0.227 e. The molecular formula is C27H28N2O3. The van der Waals surface area contributed by atoms with E-state index in [0.29, 0.717) is 26.1 Å². The highest BCUT2D eigenvalue weighted by Gasteiger charge is 2.40. The predicted molar refractivity (Wildman–Crippen MR) is 124 cm³/mol. The summed E-state index contributed by atoms with van der Waals surface area (Å²) in [6.45, 7) is 1.42. The molecule has 0 aromatic heterocycles. The van der Waals surface area contributed by atoms with Crippen LogP contribution in [0.4, 0.5) is 0 Å². The Hall–Kier alpha value is -3.60. The third kappa shape index (κ3) is 5.17. The van der Waals surface area contributed by atoms with Crippen LogP contribution >= 0.6 is 0 Å². The van der Waals surface area contributed by atoms with Crippen molar-refractivity contribution in [2.45, 2.75) is 18.9 Å². The molecule has 2 amide bonds. The quantitative estimate of drug-likeness (QED) is 0.623. The zero-order valence-corrected chi connectivity index (χ0v) is 18.2. The lowest BCUT2D eigenvalue weighted by Gasteiger charge is -2.18. The molecular weight excluding hydrogens is 400 g/mol. The molecule has 3 aromatic rings. The Morgan fingerprint density at radius 2 is 1.50 bits per heavy atom. The van der Waals surface area contributed by atoms with E-state index in [1.807, 2.05) is 89.8 Å². The zero-order valence-electron chi connectivity index (χ0n) is 18.2. The first-order valence-corrected chi connectivity index (χ1v) is 10.9. The third-order valence-electron chi connectivity index (χ3n) is 6.06. The van der Waals surface area contributed by atoms with E-state index in [4.69, 9.17) is 4.74 Å². The molecule has 1 heterocycles. The van der Waals surface area contributed by atoms with Gasteiger partial charge in [0.05, 0.1) is 19.4 Å². The van der Waals surface area contributed by atoms with Gasteiger partial charge >= 0.3 is 0 Å². The minimum Gasteiger partial charge on any atom is -0.497 e. The number of hydrogen-bond acceptors (Lipinski definition) is 3. The Bertz CT molecular complexity index is 1040. The van der Waals surface area contributed by atoms with Gasteiger partial charge in [-0.25, -0.2) is 0 Å². The van der Waals surface area contributed by atoms with Crippen molar-refractivity contribution in [3.8, 4) is 5.75 Å². The number of rotatable bonds is 7. The summed E-state index contributed by atoms with van der Waals surface area (Å²) in [4.78, 5) is 28.0. The van der Waals surface area contributed by atoms with Crippen LogP contribution in [0.2, 0.25) is 0 Å². The lowest BCUT2D eigenvalue weighted by molar-refractivity contribution is -0.130. The highest BCUT2D eigenvalue weighted by atomic mass is 16.5. The first kappa shape index (κ1) is 21.6. The van der Waals surface area contributed by atoms with Crippen LogP contribution in [0, 0.1) is 5.92 Å². The van der Waals surface area contributed by atoms with Gasteiger partial charge < -0.3 is 15.0 Å². The number of nitrogens with zero attached hydrogens (tertiary/aromatic N) is 1. The molecule has 3 aromatic carbocycles. The number of carbonyl (C=O) groups is 2. The summed E-state index contributed by atoms with van der Waals surface area (Å²) in [5.41, 5.74) is 3.08. The number of hydrogen-bond donors (Lipinski definition) is 1. The van der Waals surface area contributed by atoms with Crippen molar-refractivity contribution < 1.29 is 14.3 Å². The van der Waals surface area contributed by atoms with Gasteiger partial charge in [-0.2, -0.15) is 0 Å². The molecule has 32 heavy (non-hydrogen) atoms. The normalized spacial score (nSPS) is 17.7. The van der Waals surface area contributed by atoms with Crippen molar-refractivity contribution in [2.75, 3.05) is 20.2 Å². The predicted octanol–water partition coefficient (Wildman–Crippen LogP) is 3.80. The molecule has 2 unspecified atom stereocenters. The highest BCUT2D eigenvalue weighted by molar-refractivity contribution is 5.84. The van der Waals surface area contributed by atoms with Gasteiger partial charge in [0.2, 0.25) is 11.8 Å². The van der Waals surface area contributed by atoms with Gasteiger partial charge in [-0.05, 0) is 28.8 Å². The van der Waals surface area contributed by atoms with Crippen LogP contribution < -0.4 is 10.1 Å². The number of benzene rings is 3. The molecule has 1 aliphatic heterocycles. The highest BCUT2D eigenvalue weighted by Crippen LogP contribution is 2.34. The summed E-state index contributed by atoms with van der Waals surface area (Å²) >= 11 is 0. The molecule has 1 fully saturated rings. The monoisotopic (exact) mass is 428 g/mol. The number of amides is 2. The topological polar surface area (TPSA) is 58.6 Å². The summed E-state index contributed by atoms with van der Waals surface area (Å²) in [5, 5.41) is 3.07. The number of nitrogens with one attached hydrogen (secondary N) is 1. The molecule has 0 spiro atoms. The second-order valence-electron chi connectivity index (χ2n) is 8.15. The van der Waals surface area contributed by atoms with Crippen molar-refractivity contribution >= 4 is 11.8 Å². The van der Waals surface area contributed by atoms with E-state index in [-0.39, 0.29) is 23.7 Å². The van der Waals surface area contributed by atoms with Crippen molar-refractivity contribution in [1.82, 2.24) is 10.2 Å². The fourth-order valence-electron chi connectivity index (χ4n) is 4.26. The average Bonchev–Trinajstić information content (AvgIpc) is 3.30. The summed E-state index contributed by atoms with van der Waals surface area (Å²) in [6, 6.07) is 27.4. The van der Waals surface area contributed by atoms with Crippen LogP contribution in [0.25, 0.3) is 0 Å². The van der Waals surface area contributed by atoms with Crippen LogP contribution in [0.5, 0.6) is 5.75 Å². The fraction of sp³-hybridized carbons (Fsp3) is 0.259. The zero-order chi connectivity index (χ0) is 22.3. The largest absolute Gasteiger partial charge is 0.497 e. The maximum atomic E-state index is 13.2. The molecule has 1 N–H and O–H groups in total. The second-order valence-corrected chi connectivity index (χ2v) is 8.15. The van der Waals surface area contributed by atoms with E-state index in [1.54, 1.807) is 7.11 Å². The van der Waals surface area contributed by atoms with Crippen molar-refractivity contribution in [3.05, 3.63) is 102 Å². The maximum absolute atomic E-state index is 13.2. The van der Waals surface area contributed by atoms with Crippen molar-refractivity contribution in [1.29, 1.82) is 0 Å². The number of likely N-dealkylation sites (tertiary alicyclic amines) is 1. The summed E-state index contributed by atoms with van der Waals surface area (Å²) in [6.07, 6.45) is 0.342. The number of methoxy groups -OCH3 is 1. The van der Waals surface area contributed by atoms with Crippen molar-refractivity contribution in [2.24, 2.45) is 5.92 Å². The number of carbonyl (C=O) groups excluding carboxylic acids is 2. The van der Waals surface area contributed by atoms with E-state index in [2.05, 4.69) is 5.32 Å². The summed E-state index contributed by atoms with van der Waals surface area (Å²) in [5.74, 6) is 0.440. The molecule has 5 nitrogen and oxygen atoms in total. The molecule has 0 saturated carbocycles. The van der Waals surface area contributed by atoms with Gasteiger partial charge in [0, 0.05) is 25.6 Å². The average molecular weight is 429 g/mol. The molecule has 0 bridgehead atoms. The molecule has 164 valence electrons. The lowest BCUT2D eigenvalue weighted by atomic mass is 9.88. The minimum atomic E-state index is -0.299. The van der Waals surface area contributed by atoms with E-state index in [0.717, 1.165) is 22.4 Å².